The molecule has 0 unspecified atom stereocenters. The van der Waals surface area contributed by atoms with Crippen LogP contribution in [0.4, 0.5) is 11.5 Å². The van der Waals surface area contributed by atoms with Crippen molar-refractivity contribution in [2.45, 2.75) is 24.7 Å². The van der Waals surface area contributed by atoms with Crippen LogP contribution in [0.3, 0.4) is 0 Å². The predicted octanol–water partition coefficient (Wildman–Crippen LogP) is 2.14. The van der Waals surface area contributed by atoms with Gasteiger partial charge in [0.05, 0.1) is 4.90 Å². The Morgan fingerprint density at radius 3 is 2.95 bits per heavy atom. The second-order valence-electron chi connectivity index (χ2n) is 4.78. The molecule has 1 aliphatic heterocycles. The second-order valence-corrected chi connectivity index (χ2v) is 6.46. The summed E-state index contributed by atoms with van der Waals surface area (Å²) in [5.41, 5.74) is 2.03. The van der Waals surface area contributed by atoms with Crippen molar-refractivity contribution in [1.82, 2.24) is 5.16 Å². The summed E-state index contributed by atoms with van der Waals surface area (Å²) in [6.07, 6.45) is 2.04. The molecule has 2 heterocycles. The van der Waals surface area contributed by atoms with E-state index in [4.69, 9.17) is 4.52 Å². The Morgan fingerprint density at radius 1 is 1.35 bits per heavy atom. The lowest BCUT2D eigenvalue weighted by molar-refractivity contribution is 0.400. The van der Waals surface area contributed by atoms with Gasteiger partial charge in [0.1, 0.15) is 5.76 Å². The van der Waals surface area contributed by atoms with E-state index in [0.29, 0.717) is 5.76 Å². The summed E-state index contributed by atoms with van der Waals surface area (Å²) in [5.74, 6) is 0.739. The van der Waals surface area contributed by atoms with Crippen LogP contribution in [0.2, 0.25) is 0 Å². The normalized spacial score (nSPS) is 14.4. The number of rotatable bonds is 3. The van der Waals surface area contributed by atoms with Crippen LogP contribution in [-0.4, -0.2) is 20.1 Å². The third-order valence-electron chi connectivity index (χ3n) is 3.20. The third-order valence-corrected chi connectivity index (χ3v) is 4.55. The lowest BCUT2D eigenvalue weighted by Crippen LogP contribution is -2.16. The molecule has 0 radical (unpaired) electrons. The second kappa shape index (κ2) is 4.82. The molecule has 0 aliphatic carbocycles. The Bertz CT molecular complexity index is 737. The molecule has 3 rings (SSSR count). The van der Waals surface area contributed by atoms with Crippen molar-refractivity contribution in [2.24, 2.45) is 0 Å². The maximum atomic E-state index is 12.3. The van der Waals surface area contributed by atoms with Crippen LogP contribution in [0.25, 0.3) is 0 Å². The van der Waals surface area contributed by atoms with Crippen molar-refractivity contribution in [3.63, 3.8) is 0 Å². The number of anilines is 2. The molecule has 0 spiro atoms. The first-order valence-corrected chi connectivity index (χ1v) is 7.86. The molecule has 1 aromatic heterocycles. The van der Waals surface area contributed by atoms with Gasteiger partial charge >= 0.3 is 0 Å². The minimum absolute atomic E-state index is 0.188. The number of benzene rings is 1. The van der Waals surface area contributed by atoms with Crippen molar-refractivity contribution < 1.29 is 12.9 Å². The molecule has 0 bridgehead atoms. The molecule has 106 valence electrons. The van der Waals surface area contributed by atoms with Crippen molar-refractivity contribution >= 4 is 21.5 Å². The fourth-order valence-electron chi connectivity index (χ4n) is 2.22. The van der Waals surface area contributed by atoms with E-state index in [1.807, 2.05) is 6.07 Å². The van der Waals surface area contributed by atoms with Gasteiger partial charge < -0.3 is 9.84 Å². The predicted molar refractivity (Wildman–Crippen MR) is 75.3 cm³/mol. The summed E-state index contributed by atoms with van der Waals surface area (Å²) < 4.78 is 31.8. The number of hydrogen-bond donors (Lipinski definition) is 2. The molecule has 6 nitrogen and oxygen atoms in total. The summed E-state index contributed by atoms with van der Waals surface area (Å²) >= 11 is 0. The zero-order valence-electron chi connectivity index (χ0n) is 11.0. The van der Waals surface area contributed by atoms with E-state index in [1.54, 1.807) is 19.1 Å². The summed E-state index contributed by atoms with van der Waals surface area (Å²) in [6.45, 7) is 2.57. The average Bonchev–Trinajstić information content (AvgIpc) is 2.83. The zero-order chi connectivity index (χ0) is 14.2. The van der Waals surface area contributed by atoms with Crippen LogP contribution in [0.1, 0.15) is 17.7 Å². The van der Waals surface area contributed by atoms with Crippen LogP contribution < -0.4 is 10.0 Å². The summed E-state index contributed by atoms with van der Waals surface area (Å²) in [4.78, 5) is 0.214. The topological polar surface area (TPSA) is 84.2 Å². The Balaban J connectivity index is 1.91. The molecule has 0 saturated carbocycles. The standard InChI is InChI=1S/C13H15N3O3S/c1-9-7-13(15-19-9)16-20(17,18)11-5-4-10-3-2-6-14-12(10)8-11/h4-5,7-8,14H,2-3,6H2,1H3,(H,15,16). The summed E-state index contributed by atoms with van der Waals surface area (Å²) in [6, 6.07) is 6.66. The smallest absolute Gasteiger partial charge is 0.263 e. The highest BCUT2D eigenvalue weighted by Crippen LogP contribution is 2.26. The van der Waals surface area contributed by atoms with Crippen molar-refractivity contribution in [3.8, 4) is 0 Å². The fourth-order valence-corrected chi connectivity index (χ4v) is 3.23. The number of sulfonamides is 1. The van der Waals surface area contributed by atoms with Gasteiger partial charge in [0, 0.05) is 18.3 Å². The largest absolute Gasteiger partial charge is 0.385 e. The minimum atomic E-state index is -3.65. The Kier molecular flexibility index (Phi) is 3.13. The van der Waals surface area contributed by atoms with Gasteiger partial charge in [-0.1, -0.05) is 11.2 Å². The first-order chi connectivity index (χ1) is 9.54. The van der Waals surface area contributed by atoms with Gasteiger partial charge in [-0.2, -0.15) is 0 Å². The van der Waals surface area contributed by atoms with Gasteiger partial charge in [-0.3, -0.25) is 4.72 Å². The number of aromatic nitrogens is 1. The molecular formula is C13H15N3O3S. The quantitative estimate of drug-likeness (QED) is 0.905. The molecule has 0 saturated heterocycles. The molecule has 20 heavy (non-hydrogen) atoms. The average molecular weight is 293 g/mol. The number of aryl methyl sites for hydroxylation is 2. The highest BCUT2D eigenvalue weighted by Gasteiger charge is 2.19. The highest BCUT2D eigenvalue weighted by molar-refractivity contribution is 7.92. The third kappa shape index (κ3) is 2.49. The van der Waals surface area contributed by atoms with Crippen molar-refractivity contribution in [1.29, 1.82) is 0 Å². The Hall–Kier alpha value is -2.02. The first-order valence-electron chi connectivity index (χ1n) is 6.37. The van der Waals surface area contributed by atoms with Gasteiger partial charge in [-0.15, -0.1) is 0 Å². The highest BCUT2D eigenvalue weighted by atomic mass is 32.2. The SMILES string of the molecule is Cc1cc(NS(=O)(=O)c2ccc3c(c2)NCCC3)no1. The van der Waals surface area contributed by atoms with E-state index < -0.39 is 10.0 Å². The molecule has 1 aromatic carbocycles. The van der Waals surface area contributed by atoms with E-state index in [-0.39, 0.29) is 10.7 Å². The van der Waals surface area contributed by atoms with E-state index in [0.717, 1.165) is 30.6 Å². The van der Waals surface area contributed by atoms with Crippen LogP contribution >= 0.6 is 0 Å². The van der Waals surface area contributed by atoms with Gasteiger partial charge in [0.2, 0.25) is 0 Å². The monoisotopic (exact) mass is 293 g/mol. The number of nitrogens with zero attached hydrogens (tertiary/aromatic N) is 1. The van der Waals surface area contributed by atoms with E-state index in [1.165, 1.54) is 6.07 Å². The molecule has 2 N–H and O–H groups in total. The Labute approximate surface area is 117 Å². The molecule has 0 fully saturated rings. The van der Waals surface area contributed by atoms with E-state index in [2.05, 4.69) is 15.2 Å². The number of hydrogen-bond acceptors (Lipinski definition) is 5. The fraction of sp³-hybridized carbons (Fsp3) is 0.308. The number of nitrogens with one attached hydrogen (secondary N) is 2. The number of fused-ring (bicyclic) bond motifs is 1. The first kappa shape index (κ1) is 13.0. The molecule has 0 atom stereocenters. The molecular weight excluding hydrogens is 278 g/mol. The zero-order valence-corrected chi connectivity index (χ0v) is 11.8. The van der Waals surface area contributed by atoms with Gasteiger partial charge in [0.15, 0.2) is 5.82 Å². The maximum absolute atomic E-state index is 12.3. The summed E-state index contributed by atoms with van der Waals surface area (Å²) in [7, 11) is -3.65. The van der Waals surface area contributed by atoms with Gasteiger partial charge in [-0.25, -0.2) is 8.42 Å². The maximum Gasteiger partial charge on any atom is 0.263 e. The lowest BCUT2D eigenvalue weighted by atomic mass is 10.0. The van der Waals surface area contributed by atoms with E-state index in [9.17, 15) is 8.42 Å². The molecule has 2 aromatic rings. The Morgan fingerprint density at radius 2 is 2.20 bits per heavy atom. The lowest BCUT2D eigenvalue weighted by Gasteiger charge is -2.18. The summed E-state index contributed by atoms with van der Waals surface area (Å²) in [5, 5.41) is 6.85. The van der Waals surface area contributed by atoms with Crippen LogP contribution in [-0.2, 0) is 16.4 Å². The molecule has 0 amide bonds. The molecule has 7 heteroatoms. The van der Waals surface area contributed by atoms with Crippen LogP contribution in [0, 0.1) is 6.92 Å². The van der Waals surface area contributed by atoms with Crippen LogP contribution in [0.15, 0.2) is 33.7 Å². The molecule has 1 aliphatic rings. The van der Waals surface area contributed by atoms with Crippen molar-refractivity contribution in [3.05, 3.63) is 35.6 Å². The van der Waals surface area contributed by atoms with Crippen molar-refractivity contribution in [2.75, 3.05) is 16.6 Å². The van der Waals surface area contributed by atoms with Gasteiger partial charge in [-0.05, 0) is 37.5 Å². The van der Waals surface area contributed by atoms with Crippen LogP contribution in [0.5, 0.6) is 0 Å². The minimum Gasteiger partial charge on any atom is -0.385 e. The van der Waals surface area contributed by atoms with E-state index >= 15 is 0 Å². The van der Waals surface area contributed by atoms with Gasteiger partial charge in [0.25, 0.3) is 10.0 Å².